The van der Waals surface area contributed by atoms with E-state index in [2.05, 4.69) is 215 Å². The molecule has 53 heavy (non-hydrogen) atoms. The average molecular weight is 685 g/mol. The predicted molar refractivity (Wildman–Crippen MR) is 229 cm³/mol. The molecule has 0 aliphatic carbocycles. The van der Waals surface area contributed by atoms with Crippen LogP contribution in [0.1, 0.15) is 52.7 Å². The molecule has 0 spiro atoms. The maximum absolute atomic E-state index is 2.63. The highest BCUT2D eigenvalue weighted by Crippen LogP contribution is 2.49. The Labute approximate surface area is 315 Å². The smallest absolute Gasteiger partial charge is 0.248 e. The maximum Gasteiger partial charge on any atom is 0.248 e. The van der Waals surface area contributed by atoms with Gasteiger partial charge in [-0.05, 0) is 97.6 Å². The molecule has 7 aromatic carbocycles. The van der Waals surface area contributed by atoms with E-state index in [9.17, 15) is 0 Å². The molecule has 0 radical (unpaired) electrons. The van der Waals surface area contributed by atoms with Crippen molar-refractivity contribution in [2.45, 2.75) is 52.4 Å². The fraction of sp³-hybridized carbons (Fsp3) is 0.160. The minimum atomic E-state index is -0.0765. The molecule has 2 nitrogen and oxygen atoms in total. The summed E-state index contributed by atoms with van der Waals surface area (Å²) >= 11 is 0. The van der Waals surface area contributed by atoms with Gasteiger partial charge in [-0.25, -0.2) is 0 Å². The van der Waals surface area contributed by atoms with Crippen LogP contribution in [-0.4, -0.2) is 6.71 Å². The Morgan fingerprint density at radius 1 is 0.434 bits per heavy atom. The Morgan fingerprint density at radius 3 is 1.72 bits per heavy atom. The minimum Gasteiger partial charge on any atom is -0.311 e. The van der Waals surface area contributed by atoms with Gasteiger partial charge in [0.25, 0.3) is 0 Å². The lowest BCUT2D eigenvalue weighted by atomic mass is 9.37. The second-order valence-corrected chi connectivity index (χ2v) is 16.6. The van der Waals surface area contributed by atoms with Crippen LogP contribution < -0.4 is 26.2 Å². The number of nitrogens with zero attached hydrogens (tertiary/aromatic N) is 2. The SMILES string of the molecule is CC(C)(C)c1ccccc1N1c2cc(N(c3ccccc3)c3ccc(-c4ccccc4)cc3)cc3c2B(c2ccccc2-3)c2cccc(C(C)(C)C)c21. The highest BCUT2D eigenvalue weighted by atomic mass is 15.2. The Balaban J connectivity index is 1.36. The Morgan fingerprint density at radius 2 is 1.00 bits per heavy atom. The zero-order valence-electron chi connectivity index (χ0n) is 31.6. The summed E-state index contributed by atoms with van der Waals surface area (Å²) in [7, 11) is 0. The molecule has 7 aromatic rings. The molecule has 0 amide bonds. The lowest BCUT2D eigenvalue weighted by molar-refractivity contribution is 0.587. The van der Waals surface area contributed by atoms with Gasteiger partial charge in [-0.2, -0.15) is 0 Å². The van der Waals surface area contributed by atoms with Crippen LogP contribution in [0.4, 0.5) is 34.1 Å². The first-order valence-electron chi connectivity index (χ1n) is 18.9. The van der Waals surface area contributed by atoms with E-state index in [1.165, 1.54) is 66.8 Å². The summed E-state index contributed by atoms with van der Waals surface area (Å²) in [5.41, 5.74) is 19.0. The van der Waals surface area contributed by atoms with Crippen LogP contribution in [0.2, 0.25) is 0 Å². The number of benzene rings is 7. The van der Waals surface area contributed by atoms with Gasteiger partial charge in [0, 0.05) is 34.1 Å². The molecular formula is C50H45BN2. The number of rotatable bonds is 5. The van der Waals surface area contributed by atoms with Gasteiger partial charge in [-0.3, -0.25) is 0 Å². The van der Waals surface area contributed by atoms with Gasteiger partial charge in [0.15, 0.2) is 0 Å². The summed E-state index contributed by atoms with van der Waals surface area (Å²) in [4.78, 5) is 5.06. The van der Waals surface area contributed by atoms with Gasteiger partial charge in [-0.1, -0.05) is 168 Å². The molecule has 0 saturated carbocycles. The van der Waals surface area contributed by atoms with Crippen LogP contribution in [0.5, 0.6) is 0 Å². The third kappa shape index (κ3) is 5.49. The van der Waals surface area contributed by atoms with Gasteiger partial charge in [0.1, 0.15) is 0 Å². The average Bonchev–Trinajstić information content (AvgIpc) is 3.50. The van der Waals surface area contributed by atoms with Crippen LogP contribution in [0.3, 0.4) is 0 Å². The van der Waals surface area contributed by atoms with Crippen LogP contribution >= 0.6 is 0 Å². The first-order chi connectivity index (χ1) is 25.6. The largest absolute Gasteiger partial charge is 0.311 e. The molecule has 0 N–H and O–H groups in total. The van der Waals surface area contributed by atoms with E-state index in [4.69, 9.17) is 0 Å². The molecule has 9 rings (SSSR count). The van der Waals surface area contributed by atoms with E-state index >= 15 is 0 Å². The van der Waals surface area contributed by atoms with Gasteiger partial charge < -0.3 is 9.80 Å². The molecular weight excluding hydrogens is 639 g/mol. The standard InChI is InChI=1S/C50H45BN2/c1-49(2,3)41-23-14-16-27-45(41)53-46-33-38(52(36-20-11-8-12-21-36)37-30-28-35(29-31-37)34-18-9-7-10-19-34)32-40-39-22-13-15-25-43(39)51(47(40)46)44-26-17-24-42(48(44)53)50(4,5)6/h7-33H,1-6H3. The van der Waals surface area contributed by atoms with Gasteiger partial charge in [0.05, 0.1) is 0 Å². The van der Waals surface area contributed by atoms with E-state index < -0.39 is 0 Å². The van der Waals surface area contributed by atoms with E-state index in [1.807, 2.05) is 0 Å². The fourth-order valence-electron chi connectivity index (χ4n) is 8.72. The second-order valence-electron chi connectivity index (χ2n) is 16.6. The number of fused-ring (bicyclic) bond motifs is 5. The van der Waals surface area contributed by atoms with Crippen molar-refractivity contribution in [3.63, 3.8) is 0 Å². The van der Waals surface area contributed by atoms with E-state index in [-0.39, 0.29) is 17.5 Å². The van der Waals surface area contributed by atoms with Crippen LogP contribution in [0, 0.1) is 0 Å². The van der Waals surface area contributed by atoms with Gasteiger partial charge in [-0.15, -0.1) is 0 Å². The topological polar surface area (TPSA) is 6.48 Å². The van der Waals surface area contributed by atoms with E-state index in [0.717, 1.165) is 17.1 Å². The summed E-state index contributed by atoms with van der Waals surface area (Å²) in [6.07, 6.45) is 0. The normalized spacial score (nSPS) is 13.0. The summed E-state index contributed by atoms with van der Waals surface area (Å²) in [6, 6.07) is 60.6. The van der Waals surface area contributed by atoms with E-state index in [1.54, 1.807) is 0 Å². The number of para-hydroxylation sites is 3. The minimum absolute atomic E-state index is 0.0649. The molecule has 0 saturated heterocycles. The molecule has 0 unspecified atom stereocenters. The molecule has 2 aliphatic rings. The maximum atomic E-state index is 2.63. The molecule has 0 atom stereocenters. The zero-order chi connectivity index (χ0) is 36.5. The molecule has 2 aliphatic heterocycles. The zero-order valence-corrected chi connectivity index (χ0v) is 31.6. The summed E-state index contributed by atoms with van der Waals surface area (Å²) < 4.78 is 0. The van der Waals surface area contributed by atoms with Gasteiger partial charge >= 0.3 is 0 Å². The monoisotopic (exact) mass is 684 g/mol. The van der Waals surface area contributed by atoms with Crippen molar-refractivity contribution in [2.24, 2.45) is 0 Å². The number of hydrogen-bond acceptors (Lipinski definition) is 2. The Kier molecular flexibility index (Phi) is 7.75. The number of anilines is 6. The van der Waals surface area contributed by atoms with Gasteiger partial charge in [0.2, 0.25) is 6.71 Å². The van der Waals surface area contributed by atoms with Crippen molar-refractivity contribution in [3.05, 3.63) is 175 Å². The fourth-order valence-corrected chi connectivity index (χ4v) is 8.72. The van der Waals surface area contributed by atoms with E-state index in [0.29, 0.717) is 0 Å². The molecule has 0 bridgehead atoms. The van der Waals surface area contributed by atoms with Crippen molar-refractivity contribution >= 4 is 57.2 Å². The third-order valence-electron chi connectivity index (χ3n) is 11.1. The van der Waals surface area contributed by atoms with Crippen LogP contribution in [0.15, 0.2) is 164 Å². The van der Waals surface area contributed by atoms with Crippen molar-refractivity contribution in [3.8, 4) is 22.3 Å². The highest BCUT2D eigenvalue weighted by molar-refractivity contribution is 7.01. The molecule has 0 aromatic heterocycles. The molecule has 3 heteroatoms. The second kappa shape index (κ2) is 12.4. The number of hydrogen-bond donors (Lipinski definition) is 0. The molecule has 2 heterocycles. The lowest BCUT2D eigenvalue weighted by Crippen LogP contribution is -2.55. The Bertz CT molecular complexity index is 2470. The summed E-state index contributed by atoms with van der Waals surface area (Å²) in [5.74, 6) is 0. The lowest BCUT2D eigenvalue weighted by Gasteiger charge is -2.42. The van der Waals surface area contributed by atoms with Crippen molar-refractivity contribution in [1.29, 1.82) is 0 Å². The Hall–Kier alpha value is -5.80. The van der Waals surface area contributed by atoms with Crippen LogP contribution in [0.25, 0.3) is 22.3 Å². The van der Waals surface area contributed by atoms with Crippen LogP contribution in [-0.2, 0) is 10.8 Å². The molecule has 258 valence electrons. The first-order valence-corrected chi connectivity index (χ1v) is 18.9. The van der Waals surface area contributed by atoms with Crippen molar-refractivity contribution < 1.29 is 0 Å². The summed E-state index contributed by atoms with van der Waals surface area (Å²) in [5, 5.41) is 0. The van der Waals surface area contributed by atoms with Crippen molar-refractivity contribution in [2.75, 3.05) is 9.80 Å². The quantitative estimate of drug-likeness (QED) is 0.167. The molecule has 0 fully saturated rings. The summed E-state index contributed by atoms with van der Waals surface area (Å²) in [6.45, 7) is 14.2. The highest BCUT2D eigenvalue weighted by Gasteiger charge is 2.45. The third-order valence-corrected chi connectivity index (χ3v) is 11.1. The van der Waals surface area contributed by atoms with Crippen molar-refractivity contribution in [1.82, 2.24) is 0 Å². The predicted octanol–water partition coefficient (Wildman–Crippen LogP) is 11.7. The first kappa shape index (κ1) is 33.1.